The molecule has 0 saturated heterocycles. The lowest BCUT2D eigenvalue weighted by Gasteiger charge is -2.35. The number of hydrogen-bond acceptors (Lipinski definition) is 5. The maximum Gasteiger partial charge on any atom is 0.433 e. The molecule has 0 radical (unpaired) electrons. The van der Waals surface area contributed by atoms with Gasteiger partial charge < -0.3 is 15.6 Å². The zero-order chi connectivity index (χ0) is 19.3. The summed E-state index contributed by atoms with van der Waals surface area (Å²) in [5.41, 5.74) is 2.14. The van der Waals surface area contributed by atoms with E-state index >= 15 is 0 Å². The number of aliphatic imine (C=N–C) groups is 1. The summed E-state index contributed by atoms with van der Waals surface area (Å²) in [5.74, 6) is -2.11. The molecule has 1 saturated carbocycles. The van der Waals surface area contributed by atoms with Crippen molar-refractivity contribution in [1.82, 2.24) is 0 Å². The highest BCUT2D eigenvalue weighted by atomic mass is 19.4. The van der Waals surface area contributed by atoms with Gasteiger partial charge in [0.15, 0.2) is 5.71 Å². The lowest BCUT2D eigenvalue weighted by atomic mass is 9.72. The van der Waals surface area contributed by atoms with Crippen LogP contribution in [0.1, 0.15) is 46.0 Å². The van der Waals surface area contributed by atoms with E-state index in [2.05, 4.69) is 4.99 Å². The van der Waals surface area contributed by atoms with E-state index in [1.807, 2.05) is 6.92 Å². The van der Waals surface area contributed by atoms with Gasteiger partial charge in [0, 0.05) is 6.20 Å². The highest BCUT2D eigenvalue weighted by Crippen LogP contribution is 2.40. The molecule has 0 amide bonds. The molecule has 0 atom stereocenters. The van der Waals surface area contributed by atoms with E-state index in [1.165, 1.54) is 0 Å². The van der Waals surface area contributed by atoms with E-state index in [0.717, 1.165) is 0 Å². The number of nitrogens with two attached hydrogens (primary N) is 1. The average Bonchev–Trinajstić information content (AvgIpc) is 2.47. The summed E-state index contributed by atoms with van der Waals surface area (Å²) >= 11 is 0. The number of carboxylic acids is 1. The van der Waals surface area contributed by atoms with E-state index in [-0.39, 0.29) is 24.4 Å². The van der Waals surface area contributed by atoms with Crippen molar-refractivity contribution in [2.75, 3.05) is 6.61 Å². The topological polar surface area (TPSA) is 102 Å². The Bertz CT molecular complexity index is 562. The van der Waals surface area contributed by atoms with Crippen LogP contribution < -0.4 is 5.73 Å². The number of rotatable bonds is 6. The van der Waals surface area contributed by atoms with Gasteiger partial charge in [-0.25, -0.2) is 4.79 Å². The van der Waals surface area contributed by atoms with Gasteiger partial charge in [0.1, 0.15) is 5.57 Å². The highest BCUT2D eigenvalue weighted by molar-refractivity contribution is 6.21. The van der Waals surface area contributed by atoms with Crippen LogP contribution in [-0.4, -0.2) is 41.6 Å². The van der Waals surface area contributed by atoms with Crippen LogP contribution in [0.5, 0.6) is 0 Å². The first kappa shape index (κ1) is 21.0. The van der Waals surface area contributed by atoms with Crippen LogP contribution in [0.3, 0.4) is 0 Å². The number of carbonyl (C=O) groups is 2. The van der Waals surface area contributed by atoms with Gasteiger partial charge in [0.25, 0.3) is 0 Å². The Labute approximate surface area is 143 Å². The zero-order valence-electron chi connectivity index (χ0n) is 14.2. The highest BCUT2D eigenvalue weighted by Gasteiger charge is 2.42. The number of esters is 1. The van der Waals surface area contributed by atoms with Gasteiger partial charge in [-0.15, -0.1) is 0 Å². The lowest BCUT2D eigenvalue weighted by molar-refractivity contribution is -0.146. The molecule has 0 aromatic heterocycles. The number of ether oxygens (including phenoxy) is 1. The summed E-state index contributed by atoms with van der Waals surface area (Å²) in [6.45, 7) is 3.87. The third-order valence-corrected chi connectivity index (χ3v) is 4.27. The molecule has 0 heterocycles. The molecule has 3 N–H and O–H groups in total. The van der Waals surface area contributed by atoms with Crippen molar-refractivity contribution in [2.45, 2.75) is 58.2 Å². The van der Waals surface area contributed by atoms with Gasteiger partial charge in [-0.2, -0.15) is 13.2 Å². The molecule has 0 aliphatic heterocycles. The van der Waals surface area contributed by atoms with Crippen molar-refractivity contribution < 1.29 is 32.6 Å². The smallest absolute Gasteiger partial charge is 0.433 e. The first-order valence-electron chi connectivity index (χ1n) is 7.98. The molecule has 6 nitrogen and oxygen atoms in total. The van der Waals surface area contributed by atoms with Crippen LogP contribution in [0.4, 0.5) is 13.2 Å². The molecule has 9 heteroatoms. The van der Waals surface area contributed by atoms with Crippen LogP contribution >= 0.6 is 0 Å². The second-order valence-corrected chi connectivity index (χ2v) is 6.38. The number of aliphatic carboxylic acids is 1. The third kappa shape index (κ3) is 6.06. The third-order valence-electron chi connectivity index (χ3n) is 4.27. The Balaban J connectivity index is 2.88. The van der Waals surface area contributed by atoms with Crippen LogP contribution in [0, 0.1) is 5.41 Å². The first-order valence-corrected chi connectivity index (χ1v) is 7.98. The van der Waals surface area contributed by atoms with Crippen molar-refractivity contribution in [3.63, 3.8) is 0 Å². The molecular weight excluding hydrogens is 341 g/mol. The number of carboxylic acid groups (broad SMARTS) is 1. The second kappa shape index (κ2) is 8.35. The van der Waals surface area contributed by atoms with Crippen LogP contribution in [0.2, 0.25) is 0 Å². The predicted molar refractivity (Wildman–Crippen MR) is 85.0 cm³/mol. The minimum atomic E-state index is -4.91. The van der Waals surface area contributed by atoms with Gasteiger partial charge in [0.05, 0.1) is 19.1 Å². The first-order chi connectivity index (χ1) is 11.5. The number of carbonyl (C=O) groups excluding carboxylic acids is 1. The molecule has 0 aromatic carbocycles. The van der Waals surface area contributed by atoms with Crippen molar-refractivity contribution in [3.8, 4) is 0 Å². The Hall–Kier alpha value is -2.06. The standard InChI is InChI=1S/C16H23F3N2O4/c1-3-25-12(22)8-15(2)6-4-10(5-7-15)21-13(16(17,18)19)11(9-20)14(23)24/h9-10H,3-8,20H2,1-2H3,(H,23,24). The summed E-state index contributed by atoms with van der Waals surface area (Å²) in [4.78, 5) is 26.2. The summed E-state index contributed by atoms with van der Waals surface area (Å²) in [6.07, 6.45) is -2.65. The monoisotopic (exact) mass is 364 g/mol. The number of halogens is 3. The van der Waals surface area contributed by atoms with E-state index in [0.29, 0.717) is 31.9 Å². The molecule has 1 aliphatic carbocycles. The van der Waals surface area contributed by atoms with E-state index < -0.39 is 29.5 Å². The summed E-state index contributed by atoms with van der Waals surface area (Å²) in [6, 6.07) is -0.666. The zero-order valence-corrected chi connectivity index (χ0v) is 14.2. The number of alkyl halides is 3. The summed E-state index contributed by atoms with van der Waals surface area (Å²) in [5, 5.41) is 8.89. The predicted octanol–water partition coefficient (Wildman–Crippen LogP) is 2.82. The van der Waals surface area contributed by atoms with E-state index in [9.17, 15) is 22.8 Å². The molecule has 1 aliphatic rings. The fourth-order valence-electron chi connectivity index (χ4n) is 2.90. The van der Waals surface area contributed by atoms with E-state index in [4.69, 9.17) is 15.6 Å². The molecule has 0 spiro atoms. The molecule has 0 bridgehead atoms. The average molecular weight is 364 g/mol. The van der Waals surface area contributed by atoms with Crippen molar-refractivity contribution >= 4 is 17.7 Å². The van der Waals surface area contributed by atoms with Gasteiger partial charge in [-0.1, -0.05) is 6.92 Å². The van der Waals surface area contributed by atoms with Crippen molar-refractivity contribution in [1.29, 1.82) is 0 Å². The molecular formula is C16H23F3N2O4. The molecule has 1 rings (SSSR count). The maximum absolute atomic E-state index is 13.1. The Morgan fingerprint density at radius 2 is 1.92 bits per heavy atom. The second-order valence-electron chi connectivity index (χ2n) is 6.38. The molecule has 1 fully saturated rings. The van der Waals surface area contributed by atoms with Crippen molar-refractivity contribution in [3.05, 3.63) is 11.8 Å². The van der Waals surface area contributed by atoms with Crippen LogP contribution in [0.15, 0.2) is 16.8 Å². The minimum absolute atomic E-state index is 0.201. The normalized spacial score (nSPS) is 25.6. The molecule has 0 unspecified atom stereocenters. The van der Waals surface area contributed by atoms with E-state index in [1.54, 1.807) is 6.92 Å². The summed E-state index contributed by atoms with van der Waals surface area (Å²) < 4.78 is 44.3. The van der Waals surface area contributed by atoms with Gasteiger partial charge in [-0.3, -0.25) is 9.79 Å². The van der Waals surface area contributed by atoms with Crippen LogP contribution in [0.25, 0.3) is 0 Å². The number of nitrogens with zero attached hydrogens (tertiary/aromatic N) is 1. The molecule has 0 aromatic rings. The molecule has 25 heavy (non-hydrogen) atoms. The fraction of sp³-hybridized carbons (Fsp3) is 0.688. The largest absolute Gasteiger partial charge is 0.478 e. The Morgan fingerprint density at radius 1 is 1.36 bits per heavy atom. The van der Waals surface area contributed by atoms with Gasteiger partial charge >= 0.3 is 18.1 Å². The molecule has 142 valence electrons. The fourth-order valence-corrected chi connectivity index (χ4v) is 2.90. The van der Waals surface area contributed by atoms with Gasteiger partial charge in [-0.05, 0) is 38.0 Å². The Kier molecular flexibility index (Phi) is 7.01. The maximum atomic E-state index is 13.1. The quantitative estimate of drug-likeness (QED) is 0.429. The SMILES string of the molecule is CCOC(=O)CC1(C)CCC(N=C(C(=CN)C(=O)O)C(F)(F)F)CC1. The minimum Gasteiger partial charge on any atom is -0.478 e. The van der Waals surface area contributed by atoms with Gasteiger partial charge in [0.2, 0.25) is 0 Å². The number of hydrogen-bond donors (Lipinski definition) is 2. The van der Waals surface area contributed by atoms with Crippen LogP contribution in [-0.2, 0) is 14.3 Å². The lowest BCUT2D eigenvalue weighted by Crippen LogP contribution is -2.33. The Morgan fingerprint density at radius 3 is 2.32 bits per heavy atom. The van der Waals surface area contributed by atoms with Crippen molar-refractivity contribution in [2.24, 2.45) is 16.1 Å². The summed E-state index contributed by atoms with van der Waals surface area (Å²) in [7, 11) is 0.